The molecule has 0 bridgehead atoms. The fraction of sp³-hybridized carbons (Fsp3) is 0.455. The number of hydrogen-bond acceptors (Lipinski definition) is 2. The van der Waals surface area contributed by atoms with Crippen LogP contribution in [0.5, 0.6) is 0 Å². The third-order valence-corrected chi connectivity index (χ3v) is 3.37. The lowest BCUT2D eigenvalue weighted by atomic mass is 10.1. The highest BCUT2D eigenvalue weighted by Crippen LogP contribution is 2.25. The summed E-state index contributed by atoms with van der Waals surface area (Å²) in [6.07, 6.45) is 6.12. The molecule has 3 nitrogen and oxygen atoms in total. The molecular formula is C11H13IN2O. The van der Waals surface area contributed by atoms with Crippen molar-refractivity contribution in [2.24, 2.45) is 5.92 Å². The van der Waals surface area contributed by atoms with Crippen LogP contribution in [0.15, 0.2) is 18.3 Å². The summed E-state index contributed by atoms with van der Waals surface area (Å²) in [5.74, 6) is 0.991. The van der Waals surface area contributed by atoms with Crippen LogP contribution in [0.3, 0.4) is 0 Å². The number of aromatic nitrogens is 1. The van der Waals surface area contributed by atoms with Crippen LogP contribution in [0.1, 0.15) is 25.7 Å². The molecule has 2 rings (SSSR count). The van der Waals surface area contributed by atoms with Crippen molar-refractivity contribution in [1.29, 1.82) is 0 Å². The van der Waals surface area contributed by atoms with E-state index in [9.17, 15) is 4.79 Å². The van der Waals surface area contributed by atoms with Gasteiger partial charge in [0.2, 0.25) is 5.91 Å². The van der Waals surface area contributed by atoms with E-state index in [1.165, 1.54) is 12.8 Å². The summed E-state index contributed by atoms with van der Waals surface area (Å²) >= 11 is 2.21. The third-order valence-electron chi connectivity index (χ3n) is 2.70. The molecule has 0 spiro atoms. The first-order valence-corrected chi connectivity index (χ1v) is 6.26. The Bertz CT molecular complexity index is 361. The monoisotopic (exact) mass is 316 g/mol. The molecule has 0 aromatic carbocycles. The lowest BCUT2D eigenvalue weighted by molar-refractivity contribution is -0.119. The number of carbonyl (C=O) groups is 1. The van der Waals surface area contributed by atoms with E-state index < -0.39 is 0 Å². The van der Waals surface area contributed by atoms with Gasteiger partial charge in [0.25, 0.3) is 0 Å². The summed E-state index contributed by atoms with van der Waals surface area (Å²) in [5.41, 5.74) is 0. The van der Waals surface area contributed by atoms with E-state index in [2.05, 4.69) is 32.9 Å². The topological polar surface area (TPSA) is 42.0 Å². The van der Waals surface area contributed by atoms with Crippen LogP contribution in [0.25, 0.3) is 0 Å². The van der Waals surface area contributed by atoms with Crippen molar-refractivity contribution in [3.63, 3.8) is 0 Å². The van der Waals surface area contributed by atoms with Crippen LogP contribution in [0.4, 0.5) is 5.82 Å². The highest BCUT2D eigenvalue weighted by molar-refractivity contribution is 14.1. The number of hydrogen-bond donors (Lipinski definition) is 1. The van der Waals surface area contributed by atoms with E-state index in [4.69, 9.17) is 0 Å². The molecule has 1 aromatic rings. The Hall–Kier alpha value is -0.650. The van der Waals surface area contributed by atoms with Gasteiger partial charge >= 0.3 is 0 Å². The van der Waals surface area contributed by atoms with Crippen LogP contribution in [-0.2, 0) is 4.79 Å². The zero-order valence-electron chi connectivity index (χ0n) is 8.37. The van der Waals surface area contributed by atoms with E-state index in [0.29, 0.717) is 5.82 Å². The quantitative estimate of drug-likeness (QED) is 0.853. The lowest BCUT2D eigenvalue weighted by Gasteiger charge is -2.09. The smallest absolute Gasteiger partial charge is 0.228 e. The summed E-state index contributed by atoms with van der Waals surface area (Å²) in [7, 11) is 0. The number of amides is 1. The summed E-state index contributed by atoms with van der Waals surface area (Å²) in [5, 5.41) is 2.87. The number of carbonyl (C=O) groups excluding carboxylic acids is 1. The number of anilines is 1. The molecule has 1 aliphatic carbocycles. The van der Waals surface area contributed by atoms with Crippen molar-refractivity contribution < 1.29 is 4.79 Å². The molecule has 1 saturated carbocycles. The maximum atomic E-state index is 11.8. The Morgan fingerprint density at radius 3 is 2.87 bits per heavy atom. The van der Waals surface area contributed by atoms with Crippen molar-refractivity contribution >= 4 is 34.3 Å². The maximum absolute atomic E-state index is 11.8. The van der Waals surface area contributed by atoms with Crippen LogP contribution in [0, 0.1) is 9.49 Å². The highest BCUT2D eigenvalue weighted by Gasteiger charge is 2.22. The molecule has 1 N–H and O–H groups in total. The van der Waals surface area contributed by atoms with Crippen molar-refractivity contribution in [2.45, 2.75) is 25.7 Å². The normalized spacial score (nSPS) is 16.6. The molecule has 1 aromatic heterocycles. The highest BCUT2D eigenvalue weighted by atomic mass is 127. The van der Waals surface area contributed by atoms with Gasteiger partial charge in [-0.1, -0.05) is 12.8 Å². The van der Waals surface area contributed by atoms with Gasteiger partial charge < -0.3 is 5.32 Å². The Kier molecular flexibility index (Phi) is 3.56. The van der Waals surface area contributed by atoms with Gasteiger partial charge in [-0.3, -0.25) is 4.79 Å². The predicted octanol–water partition coefficient (Wildman–Crippen LogP) is 2.81. The fourth-order valence-electron chi connectivity index (χ4n) is 1.89. The minimum Gasteiger partial charge on any atom is -0.310 e. The predicted molar refractivity (Wildman–Crippen MR) is 67.5 cm³/mol. The van der Waals surface area contributed by atoms with Crippen LogP contribution in [0.2, 0.25) is 0 Å². The van der Waals surface area contributed by atoms with Crippen LogP contribution >= 0.6 is 22.6 Å². The molecule has 0 saturated heterocycles. The standard InChI is InChI=1S/C11H13IN2O/c12-9-5-6-13-10(7-9)14-11(15)8-3-1-2-4-8/h5-8H,1-4H2,(H,13,14,15). The fourth-order valence-corrected chi connectivity index (χ4v) is 2.35. The van der Waals surface area contributed by atoms with Gasteiger partial charge in [0.1, 0.15) is 5.82 Å². The van der Waals surface area contributed by atoms with Gasteiger partial charge in [-0.15, -0.1) is 0 Å². The number of rotatable bonds is 2. The summed E-state index contributed by atoms with van der Waals surface area (Å²) in [4.78, 5) is 15.9. The first-order chi connectivity index (χ1) is 7.25. The van der Waals surface area contributed by atoms with Crippen molar-refractivity contribution in [3.05, 3.63) is 21.9 Å². The van der Waals surface area contributed by atoms with Crippen molar-refractivity contribution in [1.82, 2.24) is 4.98 Å². The van der Waals surface area contributed by atoms with Crippen molar-refractivity contribution in [2.75, 3.05) is 5.32 Å². The molecule has 0 aliphatic heterocycles. The number of pyridine rings is 1. The molecule has 1 aliphatic rings. The minimum absolute atomic E-state index is 0.127. The van der Waals surface area contributed by atoms with Gasteiger partial charge in [-0.05, 0) is 47.6 Å². The van der Waals surface area contributed by atoms with E-state index >= 15 is 0 Å². The van der Waals surface area contributed by atoms with Crippen LogP contribution in [-0.4, -0.2) is 10.9 Å². The zero-order chi connectivity index (χ0) is 10.7. The number of nitrogens with one attached hydrogen (secondary N) is 1. The third kappa shape index (κ3) is 2.90. The zero-order valence-corrected chi connectivity index (χ0v) is 10.5. The van der Waals surface area contributed by atoms with Gasteiger partial charge in [0, 0.05) is 15.7 Å². The molecule has 1 heterocycles. The van der Waals surface area contributed by atoms with Crippen molar-refractivity contribution in [3.8, 4) is 0 Å². The van der Waals surface area contributed by atoms with E-state index in [-0.39, 0.29) is 11.8 Å². The average Bonchev–Trinajstić information content (AvgIpc) is 2.70. The molecule has 1 fully saturated rings. The maximum Gasteiger partial charge on any atom is 0.228 e. The molecule has 15 heavy (non-hydrogen) atoms. The Balaban J connectivity index is 1.99. The van der Waals surface area contributed by atoms with Gasteiger partial charge in [-0.25, -0.2) is 4.98 Å². The van der Waals surface area contributed by atoms with Crippen LogP contribution < -0.4 is 5.32 Å². The lowest BCUT2D eigenvalue weighted by Crippen LogP contribution is -2.20. The second-order valence-corrected chi connectivity index (χ2v) is 5.08. The Labute approximate surface area is 103 Å². The molecule has 0 unspecified atom stereocenters. The molecule has 0 atom stereocenters. The van der Waals surface area contributed by atoms with E-state index in [1.54, 1.807) is 6.20 Å². The summed E-state index contributed by atoms with van der Waals surface area (Å²) < 4.78 is 1.09. The summed E-state index contributed by atoms with van der Waals surface area (Å²) in [6.45, 7) is 0. The first kappa shape index (κ1) is 10.9. The van der Waals surface area contributed by atoms with E-state index in [1.807, 2.05) is 12.1 Å². The first-order valence-electron chi connectivity index (χ1n) is 5.18. The molecule has 0 radical (unpaired) electrons. The largest absolute Gasteiger partial charge is 0.310 e. The van der Waals surface area contributed by atoms with E-state index in [0.717, 1.165) is 16.4 Å². The average molecular weight is 316 g/mol. The van der Waals surface area contributed by atoms with Gasteiger partial charge in [0.15, 0.2) is 0 Å². The number of halogens is 1. The molecule has 1 amide bonds. The Morgan fingerprint density at radius 2 is 2.20 bits per heavy atom. The molecular weight excluding hydrogens is 303 g/mol. The Morgan fingerprint density at radius 1 is 1.47 bits per heavy atom. The second kappa shape index (κ2) is 4.92. The molecule has 4 heteroatoms. The summed E-state index contributed by atoms with van der Waals surface area (Å²) in [6, 6.07) is 3.79. The van der Waals surface area contributed by atoms with Gasteiger partial charge in [-0.2, -0.15) is 0 Å². The molecule has 80 valence electrons. The number of nitrogens with zero attached hydrogens (tertiary/aromatic N) is 1. The second-order valence-electron chi connectivity index (χ2n) is 3.83. The minimum atomic E-state index is 0.127. The van der Waals surface area contributed by atoms with Gasteiger partial charge in [0.05, 0.1) is 0 Å². The SMILES string of the molecule is O=C(Nc1cc(I)ccn1)C1CCCC1.